The molecule has 9 heteroatoms. The molecule has 0 saturated carbocycles. The second kappa shape index (κ2) is 6.68. The van der Waals surface area contributed by atoms with Crippen LogP contribution >= 0.6 is 0 Å². The lowest BCUT2D eigenvalue weighted by molar-refractivity contribution is -0.137. The molecule has 0 saturated heterocycles. The van der Waals surface area contributed by atoms with Crippen LogP contribution in [0.5, 0.6) is 0 Å². The fourth-order valence-corrected chi connectivity index (χ4v) is 3.00. The Hall–Kier alpha value is -3.67. The second-order valence-corrected chi connectivity index (χ2v) is 5.46. The first kappa shape index (κ1) is 17.2. The molecule has 1 N–H and O–H groups in total. The van der Waals surface area contributed by atoms with Gasteiger partial charge in [-0.05, 0) is 28.9 Å². The minimum atomic E-state index is -0.929. The minimum absolute atomic E-state index is 0.0135. The van der Waals surface area contributed by atoms with Crippen LogP contribution in [0.15, 0.2) is 45.4 Å². The van der Waals surface area contributed by atoms with Crippen LogP contribution in [0.1, 0.15) is 18.4 Å². The van der Waals surface area contributed by atoms with E-state index in [4.69, 9.17) is 14.1 Å². The molecule has 1 atom stereocenters. The van der Waals surface area contributed by atoms with Gasteiger partial charge in [0.1, 0.15) is 22.8 Å². The van der Waals surface area contributed by atoms with E-state index in [9.17, 15) is 14.9 Å². The van der Waals surface area contributed by atoms with E-state index in [-0.39, 0.29) is 16.8 Å². The zero-order valence-corrected chi connectivity index (χ0v) is 14.2. The molecule has 0 aliphatic carbocycles. The number of carbonyl (C=O) groups is 2. The number of rotatable bonds is 3. The van der Waals surface area contributed by atoms with Crippen LogP contribution in [0, 0.1) is 11.3 Å². The van der Waals surface area contributed by atoms with Crippen molar-refractivity contribution in [2.24, 2.45) is 0 Å². The lowest BCUT2D eigenvalue weighted by Gasteiger charge is -2.28. The van der Waals surface area contributed by atoms with Gasteiger partial charge >= 0.3 is 11.9 Å². The zero-order chi connectivity index (χ0) is 18.8. The normalized spacial score (nSPS) is 16.9. The number of benzene rings is 1. The third kappa shape index (κ3) is 2.57. The fraction of sp³-hybridized carbons (Fsp3) is 0.235. The summed E-state index contributed by atoms with van der Waals surface area (Å²) in [6.07, 6.45) is 0. The minimum Gasteiger partial charge on any atom is -0.466 e. The molecule has 1 aromatic carbocycles. The molecular formula is C17H14N4O5. The van der Waals surface area contributed by atoms with Crippen LogP contribution in [0.4, 0.5) is 0 Å². The average molecular weight is 354 g/mol. The molecule has 132 valence electrons. The SMILES string of the molecule is COC(=O)C1=C(C)NC(C#N)=C(C(=O)OC)C1c1cccc2nonc12. The number of nitriles is 1. The van der Waals surface area contributed by atoms with Crippen molar-refractivity contribution in [3.63, 3.8) is 0 Å². The standard InChI is InChI=1S/C17H14N4O5/c1-8-12(16(22)24-2)13(14(17(23)25-3)11(7-18)19-8)9-5-4-6-10-15(9)21-26-20-10/h4-6,13,19H,1-3H3. The van der Waals surface area contributed by atoms with E-state index in [0.29, 0.717) is 22.3 Å². The number of nitrogens with one attached hydrogen (secondary N) is 1. The highest BCUT2D eigenvalue weighted by Crippen LogP contribution is 2.41. The Morgan fingerprint density at radius 2 is 1.88 bits per heavy atom. The smallest absolute Gasteiger partial charge is 0.337 e. The van der Waals surface area contributed by atoms with Gasteiger partial charge < -0.3 is 14.8 Å². The van der Waals surface area contributed by atoms with E-state index in [1.807, 2.05) is 6.07 Å². The van der Waals surface area contributed by atoms with Crippen molar-refractivity contribution in [1.29, 1.82) is 5.26 Å². The van der Waals surface area contributed by atoms with Gasteiger partial charge in [0.05, 0.1) is 31.3 Å². The third-order valence-electron chi connectivity index (χ3n) is 4.11. The first-order valence-electron chi connectivity index (χ1n) is 7.53. The Labute approximate surface area is 147 Å². The maximum atomic E-state index is 12.5. The molecule has 2 aromatic rings. The number of nitrogens with zero attached hydrogens (tertiary/aromatic N) is 3. The van der Waals surface area contributed by atoms with Gasteiger partial charge in [0.15, 0.2) is 0 Å². The maximum absolute atomic E-state index is 12.5. The number of methoxy groups -OCH3 is 2. The predicted molar refractivity (Wildman–Crippen MR) is 87.1 cm³/mol. The quantitative estimate of drug-likeness (QED) is 0.811. The number of dihydropyridines is 1. The number of allylic oxidation sites excluding steroid dienone is 2. The predicted octanol–water partition coefficient (Wildman–Crippen LogP) is 1.31. The summed E-state index contributed by atoms with van der Waals surface area (Å²) < 4.78 is 14.5. The van der Waals surface area contributed by atoms with Crippen molar-refractivity contribution in [3.05, 3.63) is 46.3 Å². The van der Waals surface area contributed by atoms with Crippen LogP contribution in [0.2, 0.25) is 0 Å². The van der Waals surface area contributed by atoms with E-state index in [0.717, 1.165) is 0 Å². The van der Waals surface area contributed by atoms with Gasteiger partial charge in [-0.25, -0.2) is 14.2 Å². The number of hydrogen-bond acceptors (Lipinski definition) is 9. The van der Waals surface area contributed by atoms with E-state index >= 15 is 0 Å². The molecule has 0 bridgehead atoms. The van der Waals surface area contributed by atoms with Crippen LogP contribution in [0.25, 0.3) is 11.0 Å². The van der Waals surface area contributed by atoms with Crippen LogP contribution in [-0.4, -0.2) is 36.5 Å². The molecule has 3 rings (SSSR count). The van der Waals surface area contributed by atoms with Crippen LogP contribution in [-0.2, 0) is 19.1 Å². The van der Waals surface area contributed by atoms with Gasteiger partial charge in [0, 0.05) is 5.70 Å². The topological polar surface area (TPSA) is 127 Å². The number of ether oxygens (including phenoxy) is 2. The Bertz CT molecular complexity index is 1010. The molecule has 1 aliphatic rings. The molecule has 1 aliphatic heterocycles. The van der Waals surface area contributed by atoms with Crippen molar-refractivity contribution in [1.82, 2.24) is 15.6 Å². The number of fused-ring (bicyclic) bond motifs is 1. The van der Waals surface area contributed by atoms with Crippen LogP contribution in [0.3, 0.4) is 0 Å². The van der Waals surface area contributed by atoms with Gasteiger partial charge in [0.25, 0.3) is 0 Å². The van der Waals surface area contributed by atoms with Crippen LogP contribution < -0.4 is 5.32 Å². The lowest BCUT2D eigenvalue weighted by Crippen LogP contribution is -2.32. The van der Waals surface area contributed by atoms with E-state index < -0.39 is 17.9 Å². The van der Waals surface area contributed by atoms with Gasteiger partial charge in [-0.15, -0.1) is 0 Å². The Morgan fingerprint density at radius 3 is 2.54 bits per heavy atom. The molecule has 1 aromatic heterocycles. The first-order chi connectivity index (χ1) is 12.5. The summed E-state index contributed by atoms with van der Waals surface area (Å²) in [5, 5.41) is 19.9. The van der Waals surface area contributed by atoms with Crippen molar-refractivity contribution >= 4 is 23.0 Å². The van der Waals surface area contributed by atoms with Gasteiger partial charge in [0.2, 0.25) is 0 Å². The van der Waals surface area contributed by atoms with Gasteiger partial charge in [-0.2, -0.15) is 5.26 Å². The average Bonchev–Trinajstić information content (AvgIpc) is 3.14. The lowest BCUT2D eigenvalue weighted by atomic mass is 9.80. The van der Waals surface area contributed by atoms with Crippen molar-refractivity contribution in [2.45, 2.75) is 12.8 Å². The van der Waals surface area contributed by atoms with Crippen molar-refractivity contribution in [2.75, 3.05) is 14.2 Å². The summed E-state index contributed by atoms with van der Waals surface area (Å²) in [5.74, 6) is -2.32. The molecular weight excluding hydrogens is 340 g/mol. The molecule has 26 heavy (non-hydrogen) atoms. The van der Waals surface area contributed by atoms with Gasteiger partial charge in [-0.3, -0.25) is 0 Å². The molecule has 0 fully saturated rings. The maximum Gasteiger partial charge on any atom is 0.337 e. The highest BCUT2D eigenvalue weighted by molar-refractivity contribution is 6.01. The summed E-state index contributed by atoms with van der Waals surface area (Å²) in [6.45, 7) is 1.62. The summed E-state index contributed by atoms with van der Waals surface area (Å²) in [7, 11) is 2.43. The van der Waals surface area contributed by atoms with Crippen molar-refractivity contribution < 1.29 is 23.7 Å². The first-order valence-corrected chi connectivity index (χ1v) is 7.53. The van der Waals surface area contributed by atoms with E-state index in [1.165, 1.54) is 14.2 Å². The van der Waals surface area contributed by atoms with E-state index in [1.54, 1.807) is 25.1 Å². The number of carbonyl (C=O) groups excluding carboxylic acids is 2. The Balaban J connectivity index is 2.35. The molecule has 0 radical (unpaired) electrons. The number of hydrogen-bond donors (Lipinski definition) is 1. The molecule has 1 unspecified atom stereocenters. The largest absolute Gasteiger partial charge is 0.466 e. The Morgan fingerprint density at radius 1 is 1.19 bits per heavy atom. The number of esters is 2. The fourth-order valence-electron chi connectivity index (χ4n) is 3.00. The summed E-state index contributed by atoms with van der Waals surface area (Å²) in [4.78, 5) is 24.9. The van der Waals surface area contributed by atoms with E-state index in [2.05, 4.69) is 15.6 Å². The summed E-state index contributed by atoms with van der Waals surface area (Å²) in [5.41, 5.74) is 1.81. The van der Waals surface area contributed by atoms with Gasteiger partial charge in [-0.1, -0.05) is 12.1 Å². The molecule has 2 heterocycles. The summed E-state index contributed by atoms with van der Waals surface area (Å²) in [6, 6.07) is 6.99. The highest BCUT2D eigenvalue weighted by atomic mass is 16.6. The summed E-state index contributed by atoms with van der Waals surface area (Å²) >= 11 is 0. The molecule has 0 spiro atoms. The highest BCUT2D eigenvalue weighted by Gasteiger charge is 2.40. The molecule has 9 nitrogen and oxygen atoms in total. The zero-order valence-electron chi connectivity index (χ0n) is 14.2. The molecule has 0 amide bonds. The monoisotopic (exact) mass is 354 g/mol. The Kier molecular flexibility index (Phi) is 4.41. The number of aromatic nitrogens is 2. The second-order valence-electron chi connectivity index (χ2n) is 5.46. The third-order valence-corrected chi connectivity index (χ3v) is 4.11. The van der Waals surface area contributed by atoms with Crippen molar-refractivity contribution in [3.8, 4) is 6.07 Å².